The lowest BCUT2D eigenvalue weighted by molar-refractivity contribution is 0.116. The molecule has 0 aromatic rings. The van der Waals surface area contributed by atoms with E-state index in [0.29, 0.717) is 0 Å². The summed E-state index contributed by atoms with van der Waals surface area (Å²) in [4.78, 5) is 2.64. The number of nitrogens with zero attached hydrogens (tertiary/aromatic N) is 1. The molecule has 0 spiro atoms. The van der Waals surface area contributed by atoms with E-state index >= 15 is 0 Å². The van der Waals surface area contributed by atoms with Crippen molar-refractivity contribution in [3.05, 3.63) is 0 Å². The normalized spacial score (nSPS) is 11.6. The summed E-state index contributed by atoms with van der Waals surface area (Å²) >= 11 is 0. The van der Waals surface area contributed by atoms with Gasteiger partial charge in [-0.25, -0.2) is 0 Å². The molecule has 0 aliphatic carbocycles. The zero-order valence-electron chi connectivity index (χ0n) is 22.2. The van der Waals surface area contributed by atoms with Crippen LogP contribution in [0.3, 0.4) is 0 Å². The van der Waals surface area contributed by atoms with Crippen molar-refractivity contribution in [1.29, 1.82) is 0 Å². The van der Waals surface area contributed by atoms with Gasteiger partial charge >= 0.3 is 0 Å². The van der Waals surface area contributed by atoms with E-state index in [1.54, 1.807) is 0 Å². The molecule has 0 aromatic heterocycles. The summed E-state index contributed by atoms with van der Waals surface area (Å²) in [6, 6.07) is 0. The Morgan fingerprint density at radius 3 is 1.10 bits per heavy atom. The summed E-state index contributed by atoms with van der Waals surface area (Å²) in [5, 5.41) is 0. The topological polar surface area (TPSA) is 12.5 Å². The van der Waals surface area contributed by atoms with Gasteiger partial charge in [-0.15, -0.1) is 0 Å². The first kappa shape index (κ1) is 30.9. The lowest BCUT2D eigenvalue weighted by Gasteiger charge is -2.21. The number of ether oxygens (including phenoxy) is 1. The Balaban J connectivity index is 3.20. The zero-order chi connectivity index (χ0) is 22.7. The molecule has 0 fully saturated rings. The van der Waals surface area contributed by atoms with Crippen molar-refractivity contribution in [3.63, 3.8) is 0 Å². The van der Waals surface area contributed by atoms with E-state index in [-0.39, 0.29) is 0 Å². The summed E-state index contributed by atoms with van der Waals surface area (Å²) in [6.07, 6.45) is 29.4. The van der Waals surface area contributed by atoms with Crippen LogP contribution in [0, 0.1) is 0 Å². The van der Waals surface area contributed by atoms with Gasteiger partial charge in [-0.3, -0.25) is 0 Å². The first-order chi connectivity index (χ1) is 15.3. The number of hydrogen-bond donors (Lipinski definition) is 0. The van der Waals surface area contributed by atoms with Gasteiger partial charge in [0.05, 0.1) is 0 Å². The number of rotatable bonds is 27. The van der Waals surface area contributed by atoms with Gasteiger partial charge in [0, 0.05) is 19.8 Å². The summed E-state index contributed by atoms with van der Waals surface area (Å²) in [6.45, 7) is 12.6. The van der Waals surface area contributed by atoms with Crippen LogP contribution < -0.4 is 0 Å². The third-order valence-electron chi connectivity index (χ3n) is 6.56. The third kappa shape index (κ3) is 26.1. The molecular weight excluding hydrogens is 378 g/mol. The predicted octanol–water partition coefficient (Wildman–Crippen LogP) is 9.56. The molecule has 0 bridgehead atoms. The highest BCUT2D eigenvalue weighted by molar-refractivity contribution is 4.58. The largest absolute Gasteiger partial charge is 0.381 e. The molecule has 0 aromatic carbocycles. The Kier molecular flexibility index (Phi) is 27.9. The quantitative estimate of drug-likeness (QED) is 0.118. The fraction of sp³-hybridized carbons (Fsp3) is 1.00. The van der Waals surface area contributed by atoms with E-state index in [9.17, 15) is 0 Å². The van der Waals surface area contributed by atoms with E-state index in [1.165, 1.54) is 154 Å². The second-order valence-electron chi connectivity index (χ2n) is 9.82. The average Bonchev–Trinajstić information content (AvgIpc) is 2.79. The molecule has 0 amide bonds. The van der Waals surface area contributed by atoms with Crippen LogP contribution >= 0.6 is 0 Å². The Labute approximate surface area is 198 Å². The second kappa shape index (κ2) is 28.0. The van der Waals surface area contributed by atoms with Crippen LogP contribution in [0.25, 0.3) is 0 Å². The fourth-order valence-corrected chi connectivity index (χ4v) is 4.34. The van der Waals surface area contributed by atoms with Crippen LogP contribution in [-0.2, 0) is 4.74 Å². The van der Waals surface area contributed by atoms with Gasteiger partial charge < -0.3 is 9.64 Å². The van der Waals surface area contributed by atoms with E-state index < -0.39 is 0 Å². The van der Waals surface area contributed by atoms with Crippen LogP contribution in [-0.4, -0.2) is 37.7 Å². The van der Waals surface area contributed by atoms with Gasteiger partial charge in [-0.05, 0) is 38.8 Å². The molecule has 31 heavy (non-hydrogen) atoms. The molecule has 0 saturated heterocycles. The summed E-state index contributed by atoms with van der Waals surface area (Å²) < 4.78 is 5.89. The Morgan fingerprint density at radius 1 is 0.355 bits per heavy atom. The van der Waals surface area contributed by atoms with Crippen molar-refractivity contribution in [1.82, 2.24) is 4.90 Å². The standard InChI is InChI=1S/C29H61NO/c1-4-7-10-11-12-13-14-15-16-17-18-19-20-21-22-23-28-31-29-24-27-30(25-8-5-2)26-9-6-3/h4-29H2,1-3H3. The molecule has 2 heteroatoms. The zero-order valence-corrected chi connectivity index (χ0v) is 22.2. The van der Waals surface area contributed by atoms with Crippen molar-refractivity contribution >= 4 is 0 Å². The minimum atomic E-state index is 0.952. The third-order valence-corrected chi connectivity index (χ3v) is 6.56. The molecule has 0 aliphatic heterocycles. The maximum Gasteiger partial charge on any atom is 0.0478 e. The lowest BCUT2D eigenvalue weighted by Crippen LogP contribution is -2.28. The van der Waals surface area contributed by atoms with E-state index in [2.05, 4.69) is 25.7 Å². The minimum Gasteiger partial charge on any atom is -0.381 e. The van der Waals surface area contributed by atoms with Crippen molar-refractivity contribution in [2.75, 3.05) is 32.8 Å². The van der Waals surface area contributed by atoms with Crippen LogP contribution in [0.1, 0.15) is 156 Å². The van der Waals surface area contributed by atoms with Crippen LogP contribution in [0.15, 0.2) is 0 Å². The van der Waals surface area contributed by atoms with E-state index in [4.69, 9.17) is 4.74 Å². The van der Waals surface area contributed by atoms with Crippen LogP contribution in [0.5, 0.6) is 0 Å². The highest BCUT2D eigenvalue weighted by Crippen LogP contribution is 2.13. The summed E-state index contributed by atoms with van der Waals surface area (Å²) in [5.74, 6) is 0. The van der Waals surface area contributed by atoms with Crippen molar-refractivity contribution in [2.45, 2.75) is 156 Å². The molecule has 0 heterocycles. The maximum absolute atomic E-state index is 5.89. The van der Waals surface area contributed by atoms with Crippen molar-refractivity contribution < 1.29 is 4.74 Å². The van der Waals surface area contributed by atoms with Gasteiger partial charge in [0.1, 0.15) is 0 Å². The molecule has 0 N–H and O–H groups in total. The molecule has 0 saturated carbocycles. The summed E-state index contributed by atoms with van der Waals surface area (Å²) in [7, 11) is 0. The maximum atomic E-state index is 5.89. The molecule has 0 atom stereocenters. The van der Waals surface area contributed by atoms with E-state index in [1.807, 2.05) is 0 Å². The fourth-order valence-electron chi connectivity index (χ4n) is 4.34. The van der Waals surface area contributed by atoms with Gasteiger partial charge in [0.25, 0.3) is 0 Å². The average molecular weight is 440 g/mol. The Hall–Kier alpha value is -0.0800. The Bertz CT molecular complexity index is 299. The molecule has 2 nitrogen and oxygen atoms in total. The van der Waals surface area contributed by atoms with Crippen LogP contribution in [0.4, 0.5) is 0 Å². The van der Waals surface area contributed by atoms with Crippen molar-refractivity contribution in [3.8, 4) is 0 Å². The van der Waals surface area contributed by atoms with Gasteiger partial charge in [0.2, 0.25) is 0 Å². The first-order valence-corrected chi connectivity index (χ1v) is 14.6. The molecule has 0 aliphatic rings. The van der Waals surface area contributed by atoms with Gasteiger partial charge in [-0.1, -0.05) is 130 Å². The molecule has 0 unspecified atom stereocenters. The van der Waals surface area contributed by atoms with Crippen molar-refractivity contribution in [2.24, 2.45) is 0 Å². The number of hydrogen-bond acceptors (Lipinski definition) is 2. The Morgan fingerprint density at radius 2 is 0.677 bits per heavy atom. The molecular formula is C29H61NO. The minimum absolute atomic E-state index is 0.952. The monoisotopic (exact) mass is 439 g/mol. The lowest BCUT2D eigenvalue weighted by atomic mass is 10.0. The first-order valence-electron chi connectivity index (χ1n) is 14.6. The molecule has 0 rings (SSSR count). The molecule has 188 valence electrons. The SMILES string of the molecule is CCCCCCCCCCCCCCCCCCOCCCN(CCCC)CCCC. The van der Waals surface area contributed by atoms with Gasteiger partial charge in [0.15, 0.2) is 0 Å². The highest BCUT2D eigenvalue weighted by Gasteiger charge is 2.03. The predicted molar refractivity (Wildman–Crippen MR) is 141 cm³/mol. The van der Waals surface area contributed by atoms with Crippen LogP contribution in [0.2, 0.25) is 0 Å². The van der Waals surface area contributed by atoms with Gasteiger partial charge in [-0.2, -0.15) is 0 Å². The highest BCUT2D eigenvalue weighted by atomic mass is 16.5. The second-order valence-corrected chi connectivity index (χ2v) is 9.82. The molecule has 0 radical (unpaired) electrons. The smallest absolute Gasteiger partial charge is 0.0478 e. The summed E-state index contributed by atoms with van der Waals surface area (Å²) in [5.41, 5.74) is 0. The number of unbranched alkanes of at least 4 members (excludes halogenated alkanes) is 17. The van der Waals surface area contributed by atoms with E-state index in [0.717, 1.165) is 13.2 Å².